The fourth-order valence-electron chi connectivity index (χ4n) is 5.07. The number of nitrogens with zero attached hydrogens (tertiary/aromatic N) is 3. The molecule has 2 aliphatic heterocycles. The van der Waals surface area contributed by atoms with Gasteiger partial charge in [0.1, 0.15) is 18.2 Å². The molecule has 1 aromatic heterocycles. The number of rotatable bonds is 6. The first-order valence-corrected chi connectivity index (χ1v) is 12.4. The Kier molecular flexibility index (Phi) is 7.13. The van der Waals surface area contributed by atoms with Gasteiger partial charge in [0, 0.05) is 42.0 Å². The van der Waals surface area contributed by atoms with Gasteiger partial charge in [0.15, 0.2) is 11.6 Å². The van der Waals surface area contributed by atoms with Crippen LogP contribution in [-0.2, 0) is 6.61 Å². The first-order chi connectivity index (χ1) is 17.5. The number of anilines is 1. The largest absolute Gasteiger partial charge is 0.485 e. The van der Waals surface area contributed by atoms with E-state index in [0.29, 0.717) is 11.6 Å². The van der Waals surface area contributed by atoms with E-state index < -0.39 is 11.6 Å². The van der Waals surface area contributed by atoms with Crippen LogP contribution in [0.15, 0.2) is 54.7 Å². The van der Waals surface area contributed by atoms with Gasteiger partial charge < -0.3 is 20.3 Å². The number of hydrogen-bond donors (Lipinski definition) is 1. The van der Waals surface area contributed by atoms with E-state index >= 15 is 0 Å². The highest BCUT2D eigenvalue weighted by Gasteiger charge is 2.28. The molecule has 2 aliphatic rings. The first-order valence-electron chi connectivity index (χ1n) is 12.4. The number of likely N-dealkylation sites (tertiary alicyclic amines) is 2. The summed E-state index contributed by atoms with van der Waals surface area (Å²) < 4.78 is 33.0. The Morgan fingerprint density at radius 3 is 2.42 bits per heavy atom. The molecule has 2 N–H and O–H groups in total. The minimum absolute atomic E-state index is 0.0537. The molecule has 188 valence electrons. The number of pyridine rings is 1. The van der Waals surface area contributed by atoms with Crippen molar-refractivity contribution in [2.24, 2.45) is 0 Å². The molecule has 3 aromatic rings. The van der Waals surface area contributed by atoms with Gasteiger partial charge >= 0.3 is 0 Å². The molecule has 5 rings (SSSR count). The third kappa shape index (κ3) is 5.33. The van der Waals surface area contributed by atoms with E-state index in [4.69, 9.17) is 10.5 Å². The normalized spacial score (nSPS) is 16.9. The Labute approximate surface area is 209 Å². The van der Waals surface area contributed by atoms with E-state index in [1.165, 1.54) is 25.9 Å². The van der Waals surface area contributed by atoms with Crippen LogP contribution in [0.3, 0.4) is 0 Å². The second-order valence-electron chi connectivity index (χ2n) is 9.48. The molecule has 0 aliphatic carbocycles. The Morgan fingerprint density at radius 1 is 0.972 bits per heavy atom. The van der Waals surface area contributed by atoms with Crippen molar-refractivity contribution in [2.45, 2.75) is 38.3 Å². The SMILES string of the molecule is Nc1ncc(-c2ccc(C(=O)N3CCC(N4CCCC4)CC3)cc2)cc1OCc1cc(F)ccc1F. The smallest absolute Gasteiger partial charge is 0.253 e. The number of carbonyl (C=O) groups is 1. The zero-order valence-electron chi connectivity index (χ0n) is 20.1. The Balaban J connectivity index is 1.23. The minimum Gasteiger partial charge on any atom is -0.485 e. The van der Waals surface area contributed by atoms with Crippen LogP contribution in [0, 0.1) is 11.6 Å². The van der Waals surface area contributed by atoms with Crippen molar-refractivity contribution in [3.8, 4) is 16.9 Å². The van der Waals surface area contributed by atoms with Gasteiger partial charge in [-0.1, -0.05) is 12.1 Å². The van der Waals surface area contributed by atoms with Crippen LogP contribution in [0.1, 0.15) is 41.6 Å². The van der Waals surface area contributed by atoms with Crippen LogP contribution in [0.4, 0.5) is 14.6 Å². The third-order valence-corrected chi connectivity index (χ3v) is 7.15. The van der Waals surface area contributed by atoms with E-state index in [1.807, 2.05) is 29.2 Å². The summed E-state index contributed by atoms with van der Waals surface area (Å²) in [5.74, 6) is -0.616. The molecule has 2 fully saturated rings. The summed E-state index contributed by atoms with van der Waals surface area (Å²) in [5.41, 5.74) is 8.26. The van der Waals surface area contributed by atoms with Gasteiger partial charge in [-0.25, -0.2) is 13.8 Å². The zero-order valence-corrected chi connectivity index (χ0v) is 20.1. The van der Waals surface area contributed by atoms with E-state index in [2.05, 4.69) is 9.88 Å². The van der Waals surface area contributed by atoms with E-state index in [9.17, 15) is 13.6 Å². The fourth-order valence-corrected chi connectivity index (χ4v) is 5.07. The zero-order chi connectivity index (χ0) is 25.1. The summed E-state index contributed by atoms with van der Waals surface area (Å²) in [6.07, 6.45) is 6.25. The van der Waals surface area contributed by atoms with E-state index in [1.54, 1.807) is 12.3 Å². The van der Waals surface area contributed by atoms with Crippen molar-refractivity contribution >= 4 is 11.7 Å². The van der Waals surface area contributed by atoms with Crippen LogP contribution in [0.5, 0.6) is 5.75 Å². The number of carbonyl (C=O) groups excluding carboxylic acids is 1. The molecule has 6 nitrogen and oxygen atoms in total. The molecule has 1 amide bonds. The van der Waals surface area contributed by atoms with Gasteiger partial charge in [-0.3, -0.25) is 4.79 Å². The predicted octanol–water partition coefficient (Wildman–Crippen LogP) is 4.89. The number of aromatic nitrogens is 1. The standard InChI is InChI=1S/C28H30F2N4O2/c29-23-7-8-25(30)22(15-23)18-36-26-16-21(17-32-27(26)31)19-3-5-20(6-4-19)28(35)34-13-9-24(10-14-34)33-11-1-2-12-33/h3-8,15-17,24H,1-2,9-14,18H2,(H2,31,32). The maximum atomic E-state index is 13.9. The molecule has 2 aromatic carbocycles. The van der Waals surface area contributed by atoms with Crippen molar-refractivity contribution in [2.75, 3.05) is 31.9 Å². The van der Waals surface area contributed by atoms with Crippen LogP contribution in [-0.4, -0.2) is 52.9 Å². The lowest BCUT2D eigenvalue weighted by Gasteiger charge is -2.36. The monoisotopic (exact) mass is 492 g/mol. The second-order valence-corrected chi connectivity index (χ2v) is 9.48. The van der Waals surface area contributed by atoms with Crippen LogP contribution < -0.4 is 10.5 Å². The summed E-state index contributed by atoms with van der Waals surface area (Å²) >= 11 is 0. The number of ether oxygens (including phenoxy) is 1. The molecule has 2 saturated heterocycles. The molecular formula is C28H30F2N4O2. The average Bonchev–Trinajstić information content (AvgIpc) is 3.45. The Bertz CT molecular complexity index is 1220. The van der Waals surface area contributed by atoms with Gasteiger partial charge in [0.2, 0.25) is 0 Å². The highest BCUT2D eigenvalue weighted by Crippen LogP contribution is 2.29. The molecule has 0 unspecified atom stereocenters. The van der Waals surface area contributed by atoms with Crippen LogP contribution in [0.2, 0.25) is 0 Å². The highest BCUT2D eigenvalue weighted by molar-refractivity contribution is 5.94. The van der Waals surface area contributed by atoms with Gasteiger partial charge in [-0.15, -0.1) is 0 Å². The minimum atomic E-state index is -0.556. The Morgan fingerprint density at radius 2 is 1.69 bits per heavy atom. The number of hydrogen-bond acceptors (Lipinski definition) is 5. The fraction of sp³-hybridized carbons (Fsp3) is 0.357. The van der Waals surface area contributed by atoms with E-state index in [-0.39, 0.29) is 29.6 Å². The topological polar surface area (TPSA) is 71.7 Å². The lowest BCUT2D eigenvalue weighted by atomic mass is 10.0. The number of piperidine rings is 1. The van der Waals surface area contributed by atoms with Crippen molar-refractivity contribution in [1.82, 2.24) is 14.8 Å². The first kappa shape index (κ1) is 24.2. The lowest BCUT2D eigenvalue weighted by molar-refractivity contribution is 0.0644. The molecule has 0 atom stereocenters. The van der Waals surface area contributed by atoms with Crippen molar-refractivity contribution in [1.29, 1.82) is 0 Å². The second kappa shape index (κ2) is 10.6. The lowest BCUT2D eigenvalue weighted by Crippen LogP contribution is -2.45. The number of nitrogens with two attached hydrogens (primary N) is 1. The molecule has 36 heavy (non-hydrogen) atoms. The number of nitrogen functional groups attached to an aromatic ring is 1. The molecule has 8 heteroatoms. The van der Waals surface area contributed by atoms with Crippen molar-refractivity contribution in [3.05, 3.63) is 77.5 Å². The van der Waals surface area contributed by atoms with Gasteiger partial charge in [-0.05, 0) is 80.7 Å². The van der Waals surface area contributed by atoms with Crippen LogP contribution >= 0.6 is 0 Å². The van der Waals surface area contributed by atoms with E-state index in [0.717, 1.165) is 55.3 Å². The molecule has 0 radical (unpaired) electrons. The maximum absolute atomic E-state index is 13.9. The van der Waals surface area contributed by atoms with Gasteiger partial charge in [0.05, 0.1) is 0 Å². The summed E-state index contributed by atoms with van der Waals surface area (Å²) in [4.78, 5) is 21.8. The van der Waals surface area contributed by atoms with Crippen LogP contribution in [0.25, 0.3) is 11.1 Å². The molecule has 0 saturated carbocycles. The van der Waals surface area contributed by atoms with Crippen molar-refractivity contribution in [3.63, 3.8) is 0 Å². The summed E-state index contributed by atoms with van der Waals surface area (Å²) in [6, 6.07) is 12.9. The quantitative estimate of drug-likeness (QED) is 0.531. The number of benzene rings is 2. The molecule has 0 bridgehead atoms. The molecular weight excluding hydrogens is 462 g/mol. The number of halogens is 2. The predicted molar refractivity (Wildman–Crippen MR) is 135 cm³/mol. The van der Waals surface area contributed by atoms with Gasteiger partial charge in [0.25, 0.3) is 5.91 Å². The summed E-state index contributed by atoms with van der Waals surface area (Å²) in [7, 11) is 0. The maximum Gasteiger partial charge on any atom is 0.253 e. The Hall–Kier alpha value is -3.52. The summed E-state index contributed by atoms with van der Waals surface area (Å²) in [6.45, 7) is 3.77. The highest BCUT2D eigenvalue weighted by atomic mass is 19.1. The van der Waals surface area contributed by atoms with Gasteiger partial charge in [-0.2, -0.15) is 0 Å². The summed E-state index contributed by atoms with van der Waals surface area (Å²) in [5, 5.41) is 0. The van der Waals surface area contributed by atoms with Crippen molar-refractivity contribution < 1.29 is 18.3 Å². The number of amides is 1. The average molecular weight is 493 g/mol. The third-order valence-electron chi connectivity index (χ3n) is 7.15. The molecule has 0 spiro atoms. The molecule has 3 heterocycles.